The summed E-state index contributed by atoms with van der Waals surface area (Å²) in [4.78, 5) is 16.7. The Hall–Kier alpha value is -3.84. The fourth-order valence-corrected chi connectivity index (χ4v) is 3.92. The quantitative estimate of drug-likeness (QED) is 0.429. The molecule has 32 heavy (non-hydrogen) atoms. The molecule has 1 amide bonds. The lowest BCUT2D eigenvalue weighted by Gasteiger charge is -2.05. The van der Waals surface area contributed by atoms with Crippen molar-refractivity contribution in [2.45, 2.75) is 5.75 Å². The molecule has 160 valence electrons. The minimum Gasteiger partial charge on any atom is -0.323 e. The number of hydrogen-bond acceptors (Lipinski definition) is 4. The summed E-state index contributed by atoms with van der Waals surface area (Å²) in [6.45, 7) is 0. The van der Waals surface area contributed by atoms with E-state index in [0.717, 1.165) is 28.1 Å². The zero-order chi connectivity index (χ0) is 22.3. The van der Waals surface area contributed by atoms with E-state index in [9.17, 15) is 9.00 Å². The molecule has 6 nitrogen and oxygen atoms in total. The van der Waals surface area contributed by atoms with Crippen molar-refractivity contribution in [2.24, 2.45) is 0 Å². The van der Waals surface area contributed by atoms with Crippen molar-refractivity contribution in [3.63, 3.8) is 0 Å². The molecule has 1 N–H and O–H groups in total. The molecule has 2 aromatic carbocycles. The van der Waals surface area contributed by atoms with Gasteiger partial charge in [0, 0.05) is 64.3 Å². The zero-order valence-corrected chi connectivity index (χ0v) is 18.3. The van der Waals surface area contributed by atoms with Crippen molar-refractivity contribution in [1.82, 2.24) is 14.8 Å². The highest BCUT2D eigenvalue weighted by Crippen LogP contribution is 2.24. The Morgan fingerprint density at radius 2 is 1.94 bits per heavy atom. The van der Waals surface area contributed by atoms with Crippen molar-refractivity contribution < 1.29 is 9.00 Å². The Bertz CT molecular complexity index is 1270. The molecule has 0 aliphatic rings. The Balaban J connectivity index is 1.58. The Morgan fingerprint density at radius 1 is 1.09 bits per heavy atom. The molecule has 4 rings (SSSR count). The van der Waals surface area contributed by atoms with Crippen LogP contribution < -0.4 is 5.32 Å². The second-order valence-electron chi connectivity index (χ2n) is 7.20. The highest BCUT2D eigenvalue weighted by molar-refractivity contribution is 7.83. The van der Waals surface area contributed by atoms with Crippen LogP contribution in [0.3, 0.4) is 0 Å². The summed E-state index contributed by atoms with van der Waals surface area (Å²) in [7, 11) is -0.941. The first-order valence-corrected chi connectivity index (χ1v) is 11.7. The van der Waals surface area contributed by atoms with Gasteiger partial charge in [-0.15, -0.1) is 0 Å². The molecule has 0 bridgehead atoms. The average Bonchev–Trinajstić information content (AvgIpc) is 3.23. The van der Waals surface area contributed by atoms with Crippen molar-refractivity contribution in [3.8, 4) is 16.9 Å². The van der Waals surface area contributed by atoms with Gasteiger partial charge in [-0.25, -0.2) is 4.68 Å². The number of nitrogens with one attached hydrogen (secondary N) is 1. The van der Waals surface area contributed by atoms with Crippen LogP contribution in [0.5, 0.6) is 0 Å². The van der Waals surface area contributed by atoms with Gasteiger partial charge in [0.15, 0.2) is 0 Å². The van der Waals surface area contributed by atoms with Crippen LogP contribution in [0.4, 0.5) is 5.69 Å². The predicted octanol–water partition coefficient (Wildman–Crippen LogP) is 4.46. The maximum Gasteiger partial charge on any atom is 0.248 e. The molecule has 0 fully saturated rings. The highest BCUT2D eigenvalue weighted by atomic mass is 32.2. The monoisotopic (exact) mass is 442 g/mol. The number of carbonyl (C=O) groups is 1. The SMILES string of the molecule is CS(=O)Cc1cccc(NC(=O)C=Cc2cn(-c3ccccc3)nc2-c2cccnc2)c1. The third-order valence-electron chi connectivity index (χ3n) is 4.68. The lowest BCUT2D eigenvalue weighted by Crippen LogP contribution is -2.08. The van der Waals surface area contributed by atoms with Gasteiger partial charge < -0.3 is 5.32 Å². The summed E-state index contributed by atoms with van der Waals surface area (Å²) >= 11 is 0. The molecule has 0 saturated heterocycles. The summed E-state index contributed by atoms with van der Waals surface area (Å²) in [5, 5.41) is 7.58. The first-order valence-electron chi connectivity index (χ1n) is 10.0. The van der Waals surface area contributed by atoms with E-state index >= 15 is 0 Å². The predicted molar refractivity (Wildman–Crippen MR) is 129 cm³/mol. The van der Waals surface area contributed by atoms with E-state index in [2.05, 4.69) is 10.3 Å². The van der Waals surface area contributed by atoms with Gasteiger partial charge in [-0.3, -0.25) is 14.0 Å². The van der Waals surface area contributed by atoms with Crippen molar-refractivity contribution in [2.75, 3.05) is 11.6 Å². The number of rotatable bonds is 7. The fourth-order valence-electron chi connectivity index (χ4n) is 3.27. The number of pyridine rings is 1. The van der Waals surface area contributed by atoms with Gasteiger partial charge in [-0.05, 0) is 48.0 Å². The molecule has 1 unspecified atom stereocenters. The minimum absolute atomic E-state index is 0.260. The maximum atomic E-state index is 12.5. The van der Waals surface area contributed by atoms with Gasteiger partial charge in [0.1, 0.15) is 5.69 Å². The Labute approximate surface area is 189 Å². The molecule has 0 aliphatic carbocycles. The molecule has 0 saturated carbocycles. The molecule has 0 radical (unpaired) electrons. The van der Waals surface area contributed by atoms with Crippen LogP contribution in [0, 0.1) is 0 Å². The highest BCUT2D eigenvalue weighted by Gasteiger charge is 2.11. The minimum atomic E-state index is -0.941. The summed E-state index contributed by atoms with van der Waals surface area (Å²) < 4.78 is 13.2. The van der Waals surface area contributed by atoms with Crippen LogP contribution >= 0.6 is 0 Å². The number of hydrogen-bond donors (Lipinski definition) is 1. The lowest BCUT2D eigenvalue weighted by atomic mass is 10.1. The number of carbonyl (C=O) groups excluding carboxylic acids is 1. The molecule has 0 spiro atoms. The summed E-state index contributed by atoms with van der Waals surface area (Å²) in [6.07, 6.45) is 10.2. The Kier molecular flexibility index (Phi) is 6.67. The van der Waals surface area contributed by atoms with Crippen molar-refractivity contribution in [1.29, 1.82) is 0 Å². The summed E-state index contributed by atoms with van der Waals surface area (Å²) in [6, 6.07) is 21.0. The van der Waals surface area contributed by atoms with Crippen molar-refractivity contribution >= 4 is 28.5 Å². The van der Waals surface area contributed by atoms with E-state index < -0.39 is 10.8 Å². The molecule has 7 heteroatoms. The first-order chi connectivity index (χ1) is 15.6. The zero-order valence-electron chi connectivity index (χ0n) is 17.5. The van der Waals surface area contributed by atoms with Crippen LogP contribution in [0.25, 0.3) is 23.0 Å². The van der Waals surface area contributed by atoms with Gasteiger partial charge in [0.2, 0.25) is 5.91 Å². The Morgan fingerprint density at radius 3 is 2.69 bits per heavy atom. The smallest absolute Gasteiger partial charge is 0.248 e. The molecule has 0 aliphatic heterocycles. The second kappa shape index (κ2) is 9.98. The van der Waals surface area contributed by atoms with Crippen LogP contribution in [-0.2, 0) is 21.3 Å². The molecule has 1 atom stereocenters. The maximum absolute atomic E-state index is 12.5. The van der Waals surface area contributed by atoms with Gasteiger partial charge >= 0.3 is 0 Å². The van der Waals surface area contributed by atoms with Crippen LogP contribution in [0.2, 0.25) is 0 Å². The normalized spacial score (nSPS) is 12.0. The average molecular weight is 443 g/mol. The van der Waals surface area contributed by atoms with Gasteiger partial charge in [0.25, 0.3) is 0 Å². The number of para-hydroxylation sites is 1. The van der Waals surface area contributed by atoms with Gasteiger partial charge in [0.05, 0.1) is 5.69 Å². The van der Waals surface area contributed by atoms with E-state index in [1.807, 2.05) is 72.9 Å². The molecular formula is C25H22N4O2S. The van der Waals surface area contributed by atoms with Crippen LogP contribution in [-0.4, -0.2) is 31.1 Å². The molecule has 2 heterocycles. The van der Waals surface area contributed by atoms with E-state index in [0.29, 0.717) is 11.4 Å². The van der Waals surface area contributed by atoms with Gasteiger partial charge in [-0.2, -0.15) is 5.10 Å². The van der Waals surface area contributed by atoms with E-state index in [1.165, 1.54) is 6.08 Å². The third-order valence-corrected chi connectivity index (χ3v) is 5.42. The number of anilines is 1. The standard InChI is InChI=1S/C25H22N4O2S/c1-32(31)18-19-7-5-9-22(15-19)27-24(30)13-12-21-17-29(23-10-3-2-4-11-23)28-25(21)20-8-6-14-26-16-20/h2-17H,18H2,1H3,(H,27,30). The number of nitrogens with zero attached hydrogens (tertiary/aromatic N) is 3. The van der Waals surface area contributed by atoms with Crippen LogP contribution in [0.15, 0.2) is 91.4 Å². The summed E-state index contributed by atoms with van der Waals surface area (Å²) in [5.74, 6) is 0.191. The topological polar surface area (TPSA) is 76.9 Å². The van der Waals surface area contributed by atoms with Crippen LogP contribution in [0.1, 0.15) is 11.1 Å². The first kappa shape index (κ1) is 21.4. The number of aromatic nitrogens is 3. The van der Waals surface area contributed by atoms with E-state index in [1.54, 1.807) is 29.4 Å². The number of amides is 1. The van der Waals surface area contributed by atoms with Crippen molar-refractivity contribution in [3.05, 3.63) is 103 Å². The fraction of sp³-hybridized carbons (Fsp3) is 0.0800. The molecule has 2 aromatic heterocycles. The third kappa shape index (κ3) is 5.44. The lowest BCUT2D eigenvalue weighted by molar-refractivity contribution is -0.111. The summed E-state index contributed by atoms with van der Waals surface area (Å²) in [5.41, 5.74) is 4.89. The second-order valence-corrected chi connectivity index (χ2v) is 8.63. The van der Waals surface area contributed by atoms with Gasteiger partial charge in [-0.1, -0.05) is 30.3 Å². The molecular weight excluding hydrogens is 420 g/mol. The van der Waals surface area contributed by atoms with E-state index in [-0.39, 0.29) is 5.91 Å². The number of benzene rings is 2. The van der Waals surface area contributed by atoms with E-state index in [4.69, 9.17) is 5.10 Å². The largest absolute Gasteiger partial charge is 0.323 e. The molecule has 4 aromatic rings.